The van der Waals surface area contributed by atoms with Gasteiger partial charge in [-0.3, -0.25) is 4.57 Å². The van der Waals surface area contributed by atoms with E-state index in [2.05, 4.69) is 35.6 Å². The van der Waals surface area contributed by atoms with Crippen molar-refractivity contribution in [1.29, 1.82) is 0 Å². The second-order valence-electron chi connectivity index (χ2n) is 7.22. The summed E-state index contributed by atoms with van der Waals surface area (Å²) in [6.45, 7) is 3.88. The Bertz CT molecular complexity index is 943. The van der Waals surface area contributed by atoms with Gasteiger partial charge >= 0.3 is 6.03 Å². The van der Waals surface area contributed by atoms with Crippen LogP contribution in [0.1, 0.15) is 56.1 Å². The Hall–Kier alpha value is -3.23. The minimum absolute atomic E-state index is 0.246. The van der Waals surface area contributed by atoms with Crippen molar-refractivity contribution in [3.8, 4) is 5.69 Å². The zero-order chi connectivity index (χ0) is 19.5. The highest BCUT2D eigenvalue weighted by molar-refractivity contribution is 5.90. The van der Waals surface area contributed by atoms with Crippen LogP contribution < -0.4 is 10.6 Å². The Morgan fingerprint density at radius 2 is 1.89 bits per heavy atom. The summed E-state index contributed by atoms with van der Waals surface area (Å²) in [7, 11) is 0. The van der Waals surface area contributed by atoms with Gasteiger partial charge in [0.05, 0.1) is 11.7 Å². The molecule has 1 aromatic carbocycles. The number of anilines is 1. The monoisotopic (exact) mass is 380 g/mol. The van der Waals surface area contributed by atoms with E-state index in [0.29, 0.717) is 6.04 Å². The first-order valence-corrected chi connectivity index (χ1v) is 9.54. The highest BCUT2D eigenvalue weighted by atomic mass is 16.2. The third-order valence-corrected chi connectivity index (χ3v) is 5.24. The van der Waals surface area contributed by atoms with E-state index in [1.807, 2.05) is 32.0 Å². The molecule has 2 aromatic heterocycles. The molecular formula is C19H24N8O. The topological polar surface area (TPSA) is 103 Å². The Balaban J connectivity index is 1.45. The van der Waals surface area contributed by atoms with Crippen molar-refractivity contribution in [3.05, 3.63) is 48.6 Å². The molecule has 0 spiro atoms. The van der Waals surface area contributed by atoms with Gasteiger partial charge in [-0.15, -0.1) is 20.4 Å². The molecule has 1 aliphatic carbocycles. The van der Waals surface area contributed by atoms with E-state index in [1.54, 1.807) is 23.5 Å². The lowest BCUT2D eigenvalue weighted by atomic mass is 10.2. The zero-order valence-corrected chi connectivity index (χ0v) is 16.0. The van der Waals surface area contributed by atoms with E-state index in [-0.39, 0.29) is 12.1 Å². The molecule has 1 saturated carbocycles. The summed E-state index contributed by atoms with van der Waals surface area (Å²) in [5, 5.41) is 21.8. The first kappa shape index (κ1) is 18.1. The number of aromatic nitrogens is 6. The number of aryl methyl sites for hydroxylation is 1. The minimum Gasteiger partial charge on any atom is -0.328 e. The molecule has 9 nitrogen and oxygen atoms in total. The lowest BCUT2D eigenvalue weighted by molar-refractivity contribution is 0.248. The van der Waals surface area contributed by atoms with Gasteiger partial charge in [0.2, 0.25) is 0 Å². The molecule has 9 heteroatoms. The third kappa shape index (κ3) is 3.73. The van der Waals surface area contributed by atoms with Gasteiger partial charge < -0.3 is 15.2 Å². The second-order valence-corrected chi connectivity index (χ2v) is 7.22. The van der Waals surface area contributed by atoms with Crippen molar-refractivity contribution in [3.63, 3.8) is 0 Å². The molecule has 2 amide bonds. The number of urea groups is 1. The second kappa shape index (κ2) is 7.79. The van der Waals surface area contributed by atoms with Gasteiger partial charge in [-0.2, -0.15) is 0 Å². The number of carbonyl (C=O) groups is 1. The number of carbonyl (C=O) groups excluding carboxylic acids is 1. The van der Waals surface area contributed by atoms with Crippen molar-refractivity contribution >= 4 is 11.7 Å². The fourth-order valence-corrected chi connectivity index (χ4v) is 3.68. The van der Waals surface area contributed by atoms with Crippen LogP contribution in [-0.4, -0.2) is 35.6 Å². The predicted octanol–water partition coefficient (Wildman–Crippen LogP) is 3.17. The van der Waals surface area contributed by atoms with Crippen molar-refractivity contribution in [2.75, 3.05) is 5.32 Å². The molecule has 0 aliphatic heterocycles. The lowest BCUT2D eigenvalue weighted by Gasteiger charge is -2.19. The van der Waals surface area contributed by atoms with Crippen LogP contribution in [0.4, 0.5) is 10.5 Å². The maximum atomic E-state index is 12.6. The fraction of sp³-hybridized carbons (Fsp3) is 0.421. The standard InChI is InChI=1S/C19H24N8O/c1-13-7-8-16(26-10-20-21-11-26)9-17(13)24-19(28)23-14(2)18-25-22-12-27(18)15-5-3-4-6-15/h7-12,14-15H,3-6H2,1-2H3,(H2,23,24,28)/t14-/m1/s1. The van der Waals surface area contributed by atoms with Gasteiger partial charge in [0.25, 0.3) is 0 Å². The van der Waals surface area contributed by atoms with Crippen LogP contribution in [-0.2, 0) is 0 Å². The molecule has 1 atom stereocenters. The van der Waals surface area contributed by atoms with Crippen LogP contribution in [0.3, 0.4) is 0 Å². The Morgan fingerprint density at radius 1 is 1.14 bits per heavy atom. The first-order valence-electron chi connectivity index (χ1n) is 9.54. The fourth-order valence-electron chi connectivity index (χ4n) is 3.68. The van der Waals surface area contributed by atoms with Crippen LogP contribution in [0.2, 0.25) is 0 Å². The van der Waals surface area contributed by atoms with Crippen LogP contribution >= 0.6 is 0 Å². The average molecular weight is 380 g/mol. The number of nitrogens with one attached hydrogen (secondary N) is 2. The molecule has 0 radical (unpaired) electrons. The van der Waals surface area contributed by atoms with Crippen LogP contribution in [0.5, 0.6) is 0 Å². The molecule has 146 valence electrons. The number of hydrogen-bond acceptors (Lipinski definition) is 5. The summed E-state index contributed by atoms with van der Waals surface area (Å²) in [6.07, 6.45) is 9.74. The van der Waals surface area contributed by atoms with Gasteiger partial charge in [0.15, 0.2) is 5.82 Å². The molecule has 0 bridgehead atoms. The van der Waals surface area contributed by atoms with Gasteiger partial charge in [0.1, 0.15) is 19.0 Å². The number of hydrogen-bond donors (Lipinski definition) is 2. The largest absolute Gasteiger partial charge is 0.328 e. The molecule has 1 aliphatic rings. The van der Waals surface area contributed by atoms with E-state index in [9.17, 15) is 4.79 Å². The maximum Gasteiger partial charge on any atom is 0.319 e. The molecule has 4 rings (SSSR count). The molecule has 3 aromatic rings. The lowest BCUT2D eigenvalue weighted by Crippen LogP contribution is -2.33. The smallest absolute Gasteiger partial charge is 0.319 e. The highest BCUT2D eigenvalue weighted by Gasteiger charge is 2.23. The SMILES string of the molecule is Cc1ccc(-n2cnnc2)cc1NC(=O)N[C@H](C)c1nncn1C1CCCC1. The van der Waals surface area contributed by atoms with Crippen molar-refractivity contribution in [2.45, 2.75) is 51.6 Å². The predicted molar refractivity (Wildman–Crippen MR) is 104 cm³/mol. The summed E-state index contributed by atoms with van der Waals surface area (Å²) in [6, 6.07) is 5.70. The van der Waals surface area contributed by atoms with E-state index < -0.39 is 0 Å². The Morgan fingerprint density at radius 3 is 2.64 bits per heavy atom. The number of amides is 2. The van der Waals surface area contributed by atoms with Crippen LogP contribution in [0.25, 0.3) is 5.69 Å². The summed E-state index contributed by atoms with van der Waals surface area (Å²) in [4.78, 5) is 12.6. The normalized spacial score (nSPS) is 15.5. The van der Waals surface area contributed by atoms with Crippen molar-refractivity contribution < 1.29 is 4.79 Å². The number of nitrogens with zero attached hydrogens (tertiary/aromatic N) is 6. The first-order chi connectivity index (χ1) is 13.6. The molecule has 0 saturated heterocycles. The Labute approximate surface area is 163 Å². The summed E-state index contributed by atoms with van der Waals surface area (Å²) in [5.41, 5.74) is 2.57. The molecule has 2 heterocycles. The van der Waals surface area contributed by atoms with E-state index >= 15 is 0 Å². The van der Waals surface area contributed by atoms with Crippen LogP contribution in [0, 0.1) is 6.92 Å². The zero-order valence-electron chi connectivity index (χ0n) is 16.0. The quantitative estimate of drug-likeness (QED) is 0.708. The van der Waals surface area contributed by atoms with Crippen LogP contribution in [0.15, 0.2) is 37.2 Å². The van der Waals surface area contributed by atoms with E-state index in [0.717, 1.165) is 35.6 Å². The van der Waals surface area contributed by atoms with Crippen molar-refractivity contribution in [2.24, 2.45) is 0 Å². The van der Waals surface area contributed by atoms with Gasteiger partial charge in [0, 0.05) is 11.7 Å². The molecule has 0 unspecified atom stereocenters. The van der Waals surface area contributed by atoms with E-state index in [1.165, 1.54) is 12.8 Å². The van der Waals surface area contributed by atoms with Gasteiger partial charge in [-0.25, -0.2) is 4.79 Å². The molecule has 28 heavy (non-hydrogen) atoms. The highest BCUT2D eigenvalue weighted by Crippen LogP contribution is 2.31. The molecular weight excluding hydrogens is 356 g/mol. The molecule has 2 N–H and O–H groups in total. The summed E-state index contributed by atoms with van der Waals surface area (Å²) in [5.74, 6) is 0.789. The Kier molecular flexibility index (Phi) is 5.05. The average Bonchev–Trinajstić information content (AvgIpc) is 3.44. The summed E-state index contributed by atoms with van der Waals surface area (Å²) >= 11 is 0. The van der Waals surface area contributed by atoms with E-state index in [4.69, 9.17) is 0 Å². The minimum atomic E-state index is -0.280. The third-order valence-electron chi connectivity index (χ3n) is 5.24. The molecule has 1 fully saturated rings. The number of rotatable bonds is 5. The summed E-state index contributed by atoms with van der Waals surface area (Å²) < 4.78 is 3.89. The maximum absolute atomic E-state index is 12.6. The van der Waals surface area contributed by atoms with Crippen molar-refractivity contribution in [1.82, 2.24) is 34.8 Å². The number of benzene rings is 1. The van der Waals surface area contributed by atoms with Gasteiger partial charge in [-0.1, -0.05) is 18.9 Å². The van der Waals surface area contributed by atoms with Gasteiger partial charge in [-0.05, 0) is 44.4 Å².